The lowest BCUT2D eigenvalue weighted by molar-refractivity contribution is -1.01. The largest absolute Gasteiger partial charge is 0.335 e. The van der Waals surface area contributed by atoms with Gasteiger partial charge in [-0.05, 0) is 25.0 Å². The number of carbonyl (C=O) groups excluding carboxylic acids is 2. The molecule has 1 aliphatic rings. The number of piperazine rings is 1. The molecule has 4 N–H and O–H groups in total. The fraction of sp³-hybridized carbons (Fsp3) is 0.500. The van der Waals surface area contributed by atoms with Crippen LogP contribution in [0.5, 0.6) is 0 Å². The van der Waals surface area contributed by atoms with Crippen LogP contribution in [-0.4, -0.2) is 57.2 Å². The van der Waals surface area contributed by atoms with E-state index in [0.29, 0.717) is 6.54 Å². The van der Waals surface area contributed by atoms with Crippen LogP contribution in [0.1, 0.15) is 25.8 Å². The van der Waals surface area contributed by atoms with Crippen molar-refractivity contribution in [1.82, 2.24) is 10.6 Å². The summed E-state index contributed by atoms with van der Waals surface area (Å²) in [5.74, 6) is -0.201. The maximum atomic E-state index is 12.0. The highest BCUT2D eigenvalue weighted by atomic mass is 16.2. The van der Waals surface area contributed by atoms with Gasteiger partial charge in [0.05, 0.1) is 6.54 Å². The van der Waals surface area contributed by atoms with Crippen molar-refractivity contribution in [1.29, 1.82) is 0 Å². The smallest absolute Gasteiger partial charge is 0.321 e. The molecule has 1 fully saturated rings. The van der Waals surface area contributed by atoms with Crippen LogP contribution in [0.15, 0.2) is 36.4 Å². The van der Waals surface area contributed by atoms with Crippen molar-refractivity contribution >= 4 is 18.0 Å². The third-order valence-electron chi connectivity index (χ3n) is 4.83. The monoisotopic (exact) mass is 360 g/mol. The van der Waals surface area contributed by atoms with Gasteiger partial charge < -0.3 is 15.1 Å². The van der Waals surface area contributed by atoms with Gasteiger partial charge >= 0.3 is 6.03 Å². The molecule has 1 atom stereocenters. The lowest BCUT2D eigenvalue weighted by Crippen LogP contribution is -3.28. The third-order valence-corrected chi connectivity index (χ3v) is 4.83. The van der Waals surface area contributed by atoms with Crippen LogP contribution in [0, 0.1) is 0 Å². The van der Waals surface area contributed by atoms with E-state index in [-0.39, 0.29) is 18.0 Å². The summed E-state index contributed by atoms with van der Waals surface area (Å²) in [6, 6.07) is 10.00. The number of urea groups is 1. The topological polar surface area (TPSA) is 67.1 Å². The molecule has 0 radical (unpaired) electrons. The standard InChI is InChI=1S/C20H30N4O2/c1-3-17(2)21-20(26)22-19(25)16-24-14-12-23(13-15-24)11-7-10-18-8-5-4-6-9-18/h4-10,17H,3,11-16H2,1-2H3,(H2,21,22,25,26)/p+2/b10-7+/t17-/m1/s1. The zero-order chi connectivity index (χ0) is 18.8. The third kappa shape index (κ3) is 7.37. The summed E-state index contributed by atoms with van der Waals surface area (Å²) in [7, 11) is 0. The first-order valence-corrected chi connectivity index (χ1v) is 9.56. The van der Waals surface area contributed by atoms with E-state index in [2.05, 4.69) is 34.9 Å². The summed E-state index contributed by atoms with van der Waals surface area (Å²) in [5.41, 5.74) is 1.23. The Balaban J connectivity index is 1.64. The lowest BCUT2D eigenvalue weighted by Gasteiger charge is -2.28. The average molecular weight is 361 g/mol. The first-order valence-electron chi connectivity index (χ1n) is 9.56. The van der Waals surface area contributed by atoms with E-state index in [4.69, 9.17) is 0 Å². The van der Waals surface area contributed by atoms with Crippen LogP contribution in [0.25, 0.3) is 6.08 Å². The summed E-state index contributed by atoms with van der Waals surface area (Å²) < 4.78 is 0. The quantitative estimate of drug-likeness (QED) is 0.510. The number of hydrogen-bond acceptors (Lipinski definition) is 2. The Bertz CT molecular complexity index is 595. The summed E-state index contributed by atoms with van der Waals surface area (Å²) >= 11 is 0. The molecule has 3 amide bonds. The molecule has 0 spiro atoms. The van der Waals surface area contributed by atoms with E-state index < -0.39 is 0 Å². The minimum Gasteiger partial charge on any atom is -0.335 e. The summed E-state index contributed by atoms with van der Waals surface area (Å²) in [6.07, 6.45) is 5.23. The Morgan fingerprint density at radius 3 is 2.42 bits per heavy atom. The normalized spacial score (nSPS) is 21.3. The minimum absolute atomic E-state index is 0.0752. The number of amides is 3. The van der Waals surface area contributed by atoms with Gasteiger partial charge in [0, 0.05) is 6.04 Å². The molecule has 0 unspecified atom stereocenters. The van der Waals surface area contributed by atoms with E-state index in [9.17, 15) is 9.59 Å². The number of imide groups is 1. The zero-order valence-electron chi connectivity index (χ0n) is 15.9. The van der Waals surface area contributed by atoms with E-state index in [1.165, 1.54) is 15.4 Å². The number of carbonyl (C=O) groups is 2. The molecule has 0 bridgehead atoms. The molecule has 1 aliphatic heterocycles. The predicted octanol–water partition coefficient (Wildman–Crippen LogP) is -0.892. The Labute approximate surface area is 156 Å². The van der Waals surface area contributed by atoms with Gasteiger partial charge in [0.15, 0.2) is 6.54 Å². The van der Waals surface area contributed by atoms with Gasteiger partial charge in [-0.2, -0.15) is 0 Å². The fourth-order valence-electron chi connectivity index (χ4n) is 3.02. The van der Waals surface area contributed by atoms with Gasteiger partial charge in [0.1, 0.15) is 26.2 Å². The van der Waals surface area contributed by atoms with Crippen molar-refractivity contribution in [3.63, 3.8) is 0 Å². The summed E-state index contributed by atoms with van der Waals surface area (Å²) in [6.45, 7) is 9.27. The van der Waals surface area contributed by atoms with Crippen molar-refractivity contribution in [3.05, 3.63) is 42.0 Å². The maximum Gasteiger partial charge on any atom is 0.321 e. The number of benzene rings is 1. The van der Waals surface area contributed by atoms with Gasteiger partial charge in [0.25, 0.3) is 5.91 Å². The molecule has 0 aliphatic carbocycles. The van der Waals surface area contributed by atoms with Crippen LogP contribution in [0.2, 0.25) is 0 Å². The van der Waals surface area contributed by atoms with Crippen molar-refractivity contribution in [2.24, 2.45) is 0 Å². The predicted molar refractivity (Wildman–Crippen MR) is 103 cm³/mol. The molecule has 6 heteroatoms. The second-order valence-corrected chi connectivity index (χ2v) is 7.02. The van der Waals surface area contributed by atoms with E-state index in [1.807, 2.05) is 32.0 Å². The van der Waals surface area contributed by atoms with Crippen molar-refractivity contribution in [2.45, 2.75) is 26.3 Å². The molecule has 1 saturated heterocycles. The van der Waals surface area contributed by atoms with Crippen molar-refractivity contribution in [2.75, 3.05) is 39.3 Å². The maximum absolute atomic E-state index is 12.0. The summed E-state index contributed by atoms with van der Waals surface area (Å²) in [5, 5.41) is 5.18. The highest BCUT2D eigenvalue weighted by Gasteiger charge is 2.24. The Morgan fingerprint density at radius 1 is 1.12 bits per heavy atom. The Kier molecular flexibility index (Phi) is 8.31. The molecule has 6 nitrogen and oxygen atoms in total. The molecule has 0 aromatic heterocycles. The van der Waals surface area contributed by atoms with E-state index in [1.54, 1.807) is 0 Å². The molecule has 0 saturated carbocycles. The van der Waals surface area contributed by atoms with Gasteiger partial charge in [-0.1, -0.05) is 43.3 Å². The highest BCUT2D eigenvalue weighted by Crippen LogP contribution is 1.99. The molecule has 1 aromatic carbocycles. The second kappa shape index (κ2) is 10.7. The molecule has 142 valence electrons. The van der Waals surface area contributed by atoms with E-state index in [0.717, 1.165) is 39.1 Å². The number of rotatable bonds is 7. The average Bonchev–Trinajstić information content (AvgIpc) is 2.63. The van der Waals surface area contributed by atoms with Crippen molar-refractivity contribution in [3.8, 4) is 0 Å². The van der Waals surface area contributed by atoms with Gasteiger partial charge in [-0.15, -0.1) is 0 Å². The van der Waals surface area contributed by atoms with E-state index >= 15 is 0 Å². The fourth-order valence-corrected chi connectivity index (χ4v) is 3.02. The van der Waals surface area contributed by atoms with Crippen LogP contribution < -0.4 is 20.4 Å². The zero-order valence-corrected chi connectivity index (χ0v) is 15.9. The van der Waals surface area contributed by atoms with Crippen molar-refractivity contribution < 1.29 is 19.4 Å². The van der Waals surface area contributed by atoms with Crippen LogP contribution in [0.4, 0.5) is 4.79 Å². The highest BCUT2D eigenvalue weighted by molar-refractivity contribution is 5.94. The minimum atomic E-state index is -0.390. The molecule has 2 rings (SSSR count). The lowest BCUT2D eigenvalue weighted by atomic mass is 10.2. The summed E-state index contributed by atoms with van der Waals surface area (Å²) in [4.78, 5) is 26.5. The molecule has 1 aromatic rings. The molecule has 26 heavy (non-hydrogen) atoms. The number of hydrogen-bond donors (Lipinski definition) is 4. The Morgan fingerprint density at radius 2 is 1.77 bits per heavy atom. The second-order valence-electron chi connectivity index (χ2n) is 7.02. The first kappa shape index (κ1) is 20.1. The molecular formula is C20H32N4O2+2. The molecule has 1 heterocycles. The first-order chi connectivity index (χ1) is 12.6. The van der Waals surface area contributed by atoms with Gasteiger partial charge in [-0.3, -0.25) is 10.1 Å². The Hall–Kier alpha value is -2.18. The van der Waals surface area contributed by atoms with Crippen LogP contribution in [0.3, 0.4) is 0 Å². The van der Waals surface area contributed by atoms with Gasteiger partial charge in [-0.25, -0.2) is 4.79 Å². The van der Waals surface area contributed by atoms with Gasteiger partial charge in [0.2, 0.25) is 0 Å². The van der Waals surface area contributed by atoms with Crippen LogP contribution >= 0.6 is 0 Å². The number of quaternary nitrogens is 2. The number of nitrogens with one attached hydrogen (secondary N) is 4. The van der Waals surface area contributed by atoms with Crippen LogP contribution in [-0.2, 0) is 4.79 Å². The molecular weight excluding hydrogens is 328 g/mol. The SMILES string of the molecule is CC[C@@H](C)NC(=O)NC(=O)C[NH+]1CC[NH+](C/C=C/c2ccccc2)CC1.